The minimum atomic E-state index is -3.30. The molecule has 2 aromatic heterocycles. The fraction of sp³-hybridized carbons (Fsp3) is 0.450. The zero-order valence-corrected chi connectivity index (χ0v) is 18.7. The molecule has 3 aromatic rings. The van der Waals surface area contributed by atoms with E-state index in [0.717, 1.165) is 55.3 Å². The van der Waals surface area contributed by atoms with Crippen LogP contribution in [0.15, 0.2) is 41.1 Å². The molecule has 4 rings (SSSR count). The van der Waals surface area contributed by atoms with Gasteiger partial charge >= 0.3 is 0 Å². The number of hydrogen-bond donors (Lipinski definition) is 0. The van der Waals surface area contributed by atoms with Crippen LogP contribution in [0.1, 0.15) is 35.6 Å². The van der Waals surface area contributed by atoms with Gasteiger partial charge in [-0.1, -0.05) is 10.6 Å². The number of imidazole rings is 1. The molecule has 1 saturated heterocycles. The molecule has 1 atom stereocenters. The first-order valence-electron chi connectivity index (χ1n) is 9.80. The van der Waals surface area contributed by atoms with Crippen LogP contribution in [0.4, 0.5) is 0 Å². The molecule has 0 amide bonds. The first-order valence-corrected chi connectivity index (χ1v) is 12.5. The third-order valence-electron chi connectivity index (χ3n) is 5.37. The second-order valence-corrected chi connectivity index (χ2v) is 10.6. The molecule has 0 radical (unpaired) electrons. The Morgan fingerprint density at radius 1 is 1.30 bits per heavy atom. The Morgan fingerprint density at radius 3 is 2.90 bits per heavy atom. The van der Waals surface area contributed by atoms with Crippen molar-refractivity contribution in [2.75, 3.05) is 26.5 Å². The fourth-order valence-corrected chi connectivity index (χ4v) is 5.74. The molecule has 1 aromatic carbocycles. The topological polar surface area (TPSA) is 90.2 Å². The summed E-state index contributed by atoms with van der Waals surface area (Å²) in [6.45, 7) is 3.24. The van der Waals surface area contributed by atoms with Crippen LogP contribution in [0.3, 0.4) is 0 Å². The van der Waals surface area contributed by atoms with Crippen molar-refractivity contribution in [1.82, 2.24) is 24.0 Å². The smallest absolute Gasteiger partial charge is 0.188 e. The molecular formula is C20H25N5O3S2. The summed E-state index contributed by atoms with van der Waals surface area (Å²) >= 11 is 0.974. The van der Waals surface area contributed by atoms with Crippen molar-refractivity contribution in [2.45, 2.75) is 36.1 Å². The van der Waals surface area contributed by atoms with Crippen molar-refractivity contribution in [2.24, 2.45) is 0 Å². The Balaban J connectivity index is 1.50. The molecule has 3 heterocycles. The Kier molecular flexibility index (Phi) is 6.16. The average Bonchev–Trinajstić information content (AvgIpc) is 3.40. The van der Waals surface area contributed by atoms with Gasteiger partial charge in [-0.25, -0.2) is 13.4 Å². The van der Waals surface area contributed by atoms with Crippen molar-refractivity contribution >= 4 is 21.4 Å². The first kappa shape index (κ1) is 21.0. The number of nitrogens with zero attached hydrogens (tertiary/aromatic N) is 5. The van der Waals surface area contributed by atoms with Crippen molar-refractivity contribution in [3.63, 3.8) is 0 Å². The molecule has 0 saturated carbocycles. The van der Waals surface area contributed by atoms with Crippen molar-refractivity contribution < 1.29 is 13.2 Å². The maximum absolute atomic E-state index is 12.1. The molecule has 0 bridgehead atoms. The summed E-state index contributed by atoms with van der Waals surface area (Å²) < 4.78 is 35.9. The van der Waals surface area contributed by atoms with E-state index in [-0.39, 0.29) is 5.92 Å². The van der Waals surface area contributed by atoms with Crippen LogP contribution >= 0.6 is 11.5 Å². The van der Waals surface area contributed by atoms with Crippen LogP contribution in [0.25, 0.3) is 0 Å². The Hall–Kier alpha value is -2.30. The Morgan fingerprint density at radius 2 is 2.17 bits per heavy atom. The third kappa shape index (κ3) is 4.71. The molecule has 1 aliphatic heterocycles. The molecule has 160 valence electrons. The summed E-state index contributed by atoms with van der Waals surface area (Å²) in [7, 11) is -1.62. The van der Waals surface area contributed by atoms with Crippen LogP contribution in [-0.4, -0.2) is 58.9 Å². The number of hydrogen-bond acceptors (Lipinski definition) is 8. The SMILES string of the molecule is COc1ccc(CN2CCC[C@H](c3nnsc3S(C)(=O)=O)C2)cc1Cn1ccnc1. The third-order valence-corrected chi connectivity index (χ3v) is 7.93. The van der Waals surface area contributed by atoms with Gasteiger partial charge in [-0.2, -0.15) is 0 Å². The summed E-state index contributed by atoms with van der Waals surface area (Å²) in [5, 5.41) is 4.16. The van der Waals surface area contributed by atoms with Crippen LogP contribution in [0.2, 0.25) is 0 Å². The van der Waals surface area contributed by atoms with E-state index < -0.39 is 9.84 Å². The quantitative estimate of drug-likeness (QED) is 0.550. The number of methoxy groups -OCH3 is 1. The van der Waals surface area contributed by atoms with E-state index in [1.54, 1.807) is 19.6 Å². The fourth-order valence-electron chi connectivity index (χ4n) is 4.01. The Labute approximate surface area is 180 Å². The molecule has 0 N–H and O–H groups in total. The lowest BCUT2D eigenvalue weighted by Gasteiger charge is -2.32. The van der Waals surface area contributed by atoms with Gasteiger partial charge in [-0.15, -0.1) is 5.10 Å². The molecule has 0 aliphatic carbocycles. The summed E-state index contributed by atoms with van der Waals surface area (Å²) in [6, 6.07) is 6.27. The van der Waals surface area contributed by atoms with E-state index in [2.05, 4.69) is 31.6 Å². The number of piperidine rings is 1. The van der Waals surface area contributed by atoms with E-state index in [0.29, 0.717) is 16.4 Å². The zero-order chi connectivity index (χ0) is 21.1. The van der Waals surface area contributed by atoms with E-state index in [1.807, 2.05) is 16.8 Å². The van der Waals surface area contributed by atoms with Gasteiger partial charge in [0.05, 0.1) is 25.7 Å². The largest absolute Gasteiger partial charge is 0.496 e. The van der Waals surface area contributed by atoms with Gasteiger partial charge in [0, 0.05) is 54.8 Å². The Bertz CT molecular complexity index is 1100. The van der Waals surface area contributed by atoms with Crippen LogP contribution in [0, 0.1) is 0 Å². The van der Waals surface area contributed by atoms with E-state index in [1.165, 1.54) is 11.8 Å². The summed E-state index contributed by atoms with van der Waals surface area (Å²) in [6.07, 6.45) is 8.65. The predicted molar refractivity (Wildman–Crippen MR) is 115 cm³/mol. The predicted octanol–water partition coefficient (Wildman–Crippen LogP) is 2.57. The molecule has 1 fully saturated rings. The molecule has 30 heavy (non-hydrogen) atoms. The lowest BCUT2D eigenvalue weighted by Crippen LogP contribution is -2.34. The minimum Gasteiger partial charge on any atom is -0.496 e. The van der Waals surface area contributed by atoms with Gasteiger partial charge in [-0.05, 0) is 37.1 Å². The van der Waals surface area contributed by atoms with Gasteiger partial charge in [0.25, 0.3) is 0 Å². The van der Waals surface area contributed by atoms with Crippen LogP contribution in [-0.2, 0) is 22.9 Å². The van der Waals surface area contributed by atoms with Crippen LogP contribution < -0.4 is 4.74 Å². The monoisotopic (exact) mass is 447 g/mol. The number of aromatic nitrogens is 4. The van der Waals surface area contributed by atoms with Gasteiger partial charge in [-0.3, -0.25) is 4.90 Å². The molecule has 0 spiro atoms. The van der Waals surface area contributed by atoms with E-state index in [4.69, 9.17) is 4.74 Å². The summed E-state index contributed by atoms with van der Waals surface area (Å²) in [5.41, 5.74) is 2.93. The van der Waals surface area contributed by atoms with Crippen molar-refractivity contribution in [3.8, 4) is 5.75 Å². The number of sulfone groups is 1. The highest BCUT2D eigenvalue weighted by Crippen LogP contribution is 2.32. The molecule has 1 aliphatic rings. The highest BCUT2D eigenvalue weighted by atomic mass is 32.2. The maximum atomic E-state index is 12.1. The minimum absolute atomic E-state index is 0.0888. The second kappa shape index (κ2) is 8.83. The summed E-state index contributed by atoms with van der Waals surface area (Å²) in [4.78, 5) is 6.47. The van der Waals surface area contributed by atoms with E-state index in [9.17, 15) is 8.42 Å². The first-order chi connectivity index (χ1) is 14.4. The normalized spacial score (nSPS) is 17.9. The van der Waals surface area contributed by atoms with Gasteiger partial charge in [0.15, 0.2) is 14.0 Å². The number of likely N-dealkylation sites (tertiary alicyclic amines) is 1. The lowest BCUT2D eigenvalue weighted by molar-refractivity contribution is 0.197. The number of ether oxygens (including phenoxy) is 1. The maximum Gasteiger partial charge on any atom is 0.188 e. The van der Waals surface area contributed by atoms with Gasteiger partial charge < -0.3 is 9.30 Å². The second-order valence-electron chi connectivity index (χ2n) is 7.67. The van der Waals surface area contributed by atoms with Gasteiger partial charge in [0.2, 0.25) is 0 Å². The van der Waals surface area contributed by atoms with Crippen LogP contribution in [0.5, 0.6) is 5.75 Å². The lowest BCUT2D eigenvalue weighted by atomic mass is 9.95. The number of rotatable bonds is 7. The molecule has 8 nitrogen and oxygen atoms in total. The standard InChI is InChI=1S/C20H25N5O3S2/c1-28-18-6-5-15(10-17(18)13-25-9-7-21-14-25)11-24-8-3-4-16(12-24)19-20(29-23-22-19)30(2,26)27/h5-7,9-10,14,16H,3-4,8,11-13H2,1-2H3/t16-/m0/s1. The van der Waals surface area contributed by atoms with Crippen molar-refractivity contribution in [3.05, 3.63) is 53.7 Å². The highest BCUT2D eigenvalue weighted by molar-refractivity contribution is 7.92. The molecule has 0 unspecified atom stereocenters. The number of benzene rings is 1. The zero-order valence-electron chi connectivity index (χ0n) is 17.1. The van der Waals surface area contributed by atoms with Crippen molar-refractivity contribution in [1.29, 1.82) is 0 Å². The highest BCUT2D eigenvalue weighted by Gasteiger charge is 2.29. The average molecular weight is 448 g/mol. The van der Waals surface area contributed by atoms with Gasteiger partial charge in [0.1, 0.15) is 5.75 Å². The molecule has 10 heteroatoms. The molecular weight excluding hydrogens is 422 g/mol. The summed E-state index contributed by atoms with van der Waals surface area (Å²) in [5.74, 6) is 0.946. The van der Waals surface area contributed by atoms with E-state index >= 15 is 0 Å².